The van der Waals surface area contributed by atoms with E-state index in [4.69, 9.17) is 14.9 Å². The maximum absolute atomic E-state index is 11.5. The Bertz CT molecular complexity index is 459. The molecule has 0 amide bonds. The van der Waals surface area contributed by atoms with E-state index in [-0.39, 0.29) is 24.4 Å². The van der Waals surface area contributed by atoms with Crippen molar-refractivity contribution in [3.8, 4) is 0 Å². The summed E-state index contributed by atoms with van der Waals surface area (Å²) in [6.07, 6.45) is 1.13. The summed E-state index contributed by atoms with van der Waals surface area (Å²) in [6, 6.07) is 2.01. The van der Waals surface area contributed by atoms with Crippen molar-refractivity contribution in [1.82, 2.24) is 4.90 Å². The predicted octanol–water partition coefficient (Wildman–Crippen LogP) is 1.97. The predicted molar refractivity (Wildman–Crippen MR) is 79.1 cm³/mol. The summed E-state index contributed by atoms with van der Waals surface area (Å²) in [5.74, 6) is 1.63. The van der Waals surface area contributed by atoms with Gasteiger partial charge in [0.1, 0.15) is 17.1 Å². The van der Waals surface area contributed by atoms with Gasteiger partial charge in [0.2, 0.25) is 0 Å². The highest BCUT2D eigenvalue weighted by Gasteiger charge is 2.26. The van der Waals surface area contributed by atoms with Gasteiger partial charge in [0.15, 0.2) is 0 Å². The molecule has 2 unspecified atom stereocenters. The second-order valence-electron chi connectivity index (χ2n) is 5.32. The standard InChI is InChI=1S/C14H22N2O3.ClH/c1-9(15)11-4-5-16(7-11)8-12-6-13(10(2)19-12)14(17)18-3;/h6,9,11H,4-5,7-8,15H2,1-3H3;1H. The zero-order valence-electron chi connectivity index (χ0n) is 12.2. The topological polar surface area (TPSA) is 68.7 Å². The van der Waals surface area contributed by atoms with Gasteiger partial charge in [0.05, 0.1) is 13.7 Å². The summed E-state index contributed by atoms with van der Waals surface area (Å²) >= 11 is 0. The van der Waals surface area contributed by atoms with Crippen molar-refractivity contribution < 1.29 is 13.9 Å². The molecule has 6 heteroatoms. The van der Waals surface area contributed by atoms with Crippen molar-refractivity contribution in [1.29, 1.82) is 0 Å². The molecule has 1 saturated heterocycles. The van der Waals surface area contributed by atoms with Gasteiger partial charge in [0, 0.05) is 12.6 Å². The van der Waals surface area contributed by atoms with E-state index < -0.39 is 0 Å². The highest BCUT2D eigenvalue weighted by Crippen LogP contribution is 2.23. The Kier molecular flexibility index (Phi) is 6.05. The fourth-order valence-corrected chi connectivity index (χ4v) is 2.59. The van der Waals surface area contributed by atoms with Crippen molar-refractivity contribution >= 4 is 18.4 Å². The highest BCUT2D eigenvalue weighted by atomic mass is 35.5. The number of carbonyl (C=O) groups excluding carboxylic acids is 1. The van der Waals surface area contributed by atoms with Crippen molar-refractivity contribution in [3.05, 3.63) is 23.2 Å². The number of furan rings is 1. The molecule has 114 valence electrons. The highest BCUT2D eigenvalue weighted by molar-refractivity contribution is 5.90. The van der Waals surface area contributed by atoms with Crippen LogP contribution in [0.15, 0.2) is 10.5 Å². The van der Waals surface area contributed by atoms with Gasteiger partial charge in [-0.1, -0.05) is 0 Å². The molecule has 2 rings (SSSR count). The second-order valence-corrected chi connectivity index (χ2v) is 5.32. The lowest BCUT2D eigenvalue weighted by Gasteiger charge is -2.16. The first kappa shape index (κ1) is 17.0. The lowest BCUT2D eigenvalue weighted by molar-refractivity contribution is 0.0599. The second kappa shape index (κ2) is 7.11. The minimum atomic E-state index is -0.345. The molecule has 1 fully saturated rings. The third-order valence-corrected chi connectivity index (χ3v) is 3.81. The van der Waals surface area contributed by atoms with Crippen LogP contribution in [0.5, 0.6) is 0 Å². The van der Waals surface area contributed by atoms with Gasteiger partial charge in [-0.3, -0.25) is 4.90 Å². The molecule has 20 heavy (non-hydrogen) atoms. The number of ether oxygens (including phenoxy) is 1. The number of halogens is 1. The molecular weight excluding hydrogens is 280 g/mol. The molecule has 2 N–H and O–H groups in total. The van der Waals surface area contributed by atoms with E-state index >= 15 is 0 Å². The van der Waals surface area contributed by atoms with Crippen LogP contribution in [0.3, 0.4) is 0 Å². The van der Waals surface area contributed by atoms with Crippen LogP contribution in [0.2, 0.25) is 0 Å². The number of carbonyl (C=O) groups is 1. The molecule has 1 aromatic rings. The number of rotatable bonds is 4. The van der Waals surface area contributed by atoms with Crippen LogP contribution in [0.25, 0.3) is 0 Å². The number of aryl methyl sites for hydroxylation is 1. The average molecular weight is 303 g/mol. The number of methoxy groups -OCH3 is 1. The molecule has 0 bridgehead atoms. The average Bonchev–Trinajstić information content (AvgIpc) is 2.96. The zero-order chi connectivity index (χ0) is 14.0. The van der Waals surface area contributed by atoms with Crippen LogP contribution >= 0.6 is 12.4 Å². The van der Waals surface area contributed by atoms with Crippen LogP contribution in [0.1, 0.15) is 35.2 Å². The van der Waals surface area contributed by atoms with Crippen molar-refractivity contribution in [2.45, 2.75) is 32.9 Å². The number of nitrogens with two attached hydrogens (primary N) is 1. The fraction of sp³-hybridized carbons (Fsp3) is 0.643. The third-order valence-electron chi connectivity index (χ3n) is 3.81. The number of likely N-dealkylation sites (tertiary alicyclic amines) is 1. The zero-order valence-corrected chi connectivity index (χ0v) is 13.0. The molecule has 0 spiro atoms. The van der Waals surface area contributed by atoms with Gasteiger partial charge in [-0.25, -0.2) is 4.79 Å². The molecule has 2 atom stereocenters. The number of hydrogen-bond acceptors (Lipinski definition) is 5. The van der Waals surface area contributed by atoms with E-state index in [9.17, 15) is 4.79 Å². The summed E-state index contributed by atoms with van der Waals surface area (Å²) in [6.45, 7) is 6.58. The molecule has 2 heterocycles. The summed E-state index contributed by atoms with van der Waals surface area (Å²) < 4.78 is 10.3. The van der Waals surface area contributed by atoms with E-state index in [1.807, 2.05) is 0 Å². The SMILES string of the molecule is COC(=O)c1cc(CN2CCC(C(C)N)C2)oc1C.Cl. The molecule has 0 radical (unpaired) electrons. The molecule has 0 saturated carbocycles. The van der Waals surface area contributed by atoms with Gasteiger partial charge in [-0.2, -0.15) is 0 Å². The van der Waals surface area contributed by atoms with Crippen LogP contribution in [0, 0.1) is 12.8 Å². The Hall–Kier alpha value is -1.04. The number of nitrogens with zero attached hydrogens (tertiary/aromatic N) is 1. The smallest absolute Gasteiger partial charge is 0.341 e. The maximum Gasteiger partial charge on any atom is 0.341 e. The third kappa shape index (κ3) is 3.75. The summed E-state index contributed by atoms with van der Waals surface area (Å²) in [5, 5.41) is 0. The van der Waals surface area contributed by atoms with E-state index in [2.05, 4.69) is 11.8 Å². The monoisotopic (exact) mass is 302 g/mol. The molecule has 1 aromatic heterocycles. The number of esters is 1. The Labute approximate surface area is 125 Å². The Morgan fingerprint density at radius 2 is 2.35 bits per heavy atom. The summed E-state index contributed by atoms with van der Waals surface area (Å²) in [7, 11) is 1.38. The van der Waals surface area contributed by atoms with Gasteiger partial charge in [-0.05, 0) is 38.8 Å². The molecule has 5 nitrogen and oxygen atoms in total. The molecule has 1 aliphatic heterocycles. The van der Waals surface area contributed by atoms with Gasteiger partial charge in [0.25, 0.3) is 0 Å². The molecule has 1 aliphatic rings. The minimum absolute atomic E-state index is 0. The Balaban J connectivity index is 0.00000200. The van der Waals surface area contributed by atoms with Crippen molar-refractivity contribution in [2.75, 3.05) is 20.2 Å². The lowest BCUT2D eigenvalue weighted by atomic mass is 10.0. The normalized spacial score (nSPS) is 20.5. The molecular formula is C14H23ClN2O3. The maximum atomic E-state index is 11.5. The van der Waals surface area contributed by atoms with Crippen molar-refractivity contribution in [2.24, 2.45) is 11.7 Å². The van der Waals surface area contributed by atoms with Crippen LogP contribution in [-0.2, 0) is 11.3 Å². The minimum Gasteiger partial charge on any atom is -0.465 e. The van der Waals surface area contributed by atoms with Crippen LogP contribution in [-0.4, -0.2) is 37.1 Å². The number of hydrogen-bond donors (Lipinski definition) is 1. The fourth-order valence-electron chi connectivity index (χ4n) is 2.59. The lowest BCUT2D eigenvalue weighted by Crippen LogP contribution is -2.29. The first-order valence-corrected chi connectivity index (χ1v) is 6.66. The van der Waals surface area contributed by atoms with E-state index in [0.29, 0.717) is 17.2 Å². The summed E-state index contributed by atoms with van der Waals surface area (Å²) in [4.78, 5) is 13.8. The molecule has 0 aromatic carbocycles. The van der Waals surface area contributed by atoms with Crippen LogP contribution in [0.4, 0.5) is 0 Å². The first-order chi connectivity index (χ1) is 9.01. The quantitative estimate of drug-likeness (QED) is 0.861. The van der Waals surface area contributed by atoms with E-state index in [1.165, 1.54) is 7.11 Å². The van der Waals surface area contributed by atoms with Crippen molar-refractivity contribution in [3.63, 3.8) is 0 Å². The van der Waals surface area contributed by atoms with Crippen LogP contribution < -0.4 is 5.73 Å². The Morgan fingerprint density at radius 3 is 2.90 bits per heavy atom. The summed E-state index contributed by atoms with van der Waals surface area (Å²) in [5.41, 5.74) is 6.44. The van der Waals surface area contributed by atoms with Gasteiger partial charge >= 0.3 is 5.97 Å². The van der Waals surface area contributed by atoms with Gasteiger partial charge < -0.3 is 14.9 Å². The largest absolute Gasteiger partial charge is 0.465 e. The van der Waals surface area contributed by atoms with E-state index in [0.717, 1.165) is 31.8 Å². The first-order valence-electron chi connectivity index (χ1n) is 6.66. The van der Waals surface area contributed by atoms with Gasteiger partial charge in [-0.15, -0.1) is 12.4 Å². The van der Waals surface area contributed by atoms with E-state index in [1.54, 1.807) is 13.0 Å². The molecule has 0 aliphatic carbocycles. The Morgan fingerprint density at radius 1 is 1.65 bits per heavy atom.